The molecule has 0 aliphatic rings. The van der Waals surface area contributed by atoms with Gasteiger partial charge in [-0.05, 0) is 6.42 Å². The van der Waals surface area contributed by atoms with Crippen LogP contribution in [-0.2, 0) is 9.47 Å². The molecule has 0 aliphatic heterocycles. The lowest BCUT2D eigenvalue weighted by Crippen LogP contribution is -2.34. The predicted molar refractivity (Wildman–Crippen MR) is 39.7 cm³/mol. The van der Waals surface area contributed by atoms with Crippen molar-refractivity contribution >= 4 is 8.80 Å². The maximum absolute atomic E-state index is 6.63. The first kappa shape index (κ1) is 6.52. The zero-order valence-corrected chi connectivity index (χ0v) is 7.37. The van der Waals surface area contributed by atoms with Crippen LogP contribution in [0.3, 0.4) is 0 Å². The lowest BCUT2D eigenvalue weighted by atomic mass is 10.5. The molecule has 0 spiro atoms. The second kappa shape index (κ2) is 5.64. The summed E-state index contributed by atoms with van der Waals surface area (Å²) in [6.45, 7) is 0.554. The molecule has 0 saturated carbocycles. The maximum Gasteiger partial charge on any atom is 0.492 e. The van der Waals surface area contributed by atoms with Gasteiger partial charge in [0, 0.05) is 19.8 Å². The van der Waals surface area contributed by atoms with E-state index in [1.54, 1.807) is 0 Å². The summed E-state index contributed by atoms with van der Waals surface area (Å²) in [6, 6.07) is 0.188. The Labute approximate surface area is 71.0 Å². The van der Waals surface area contributed by atoms with E-state index in [2.05, 4.69) is 19.1 Å². The van der Waals surface area contributed by atoms with Gasteiger partial charge in [0.25, 0.3) is 0 Å². The zero-order valence-electron chi connectivity index (χ0n) is 9.37. The minimum absolute atomic E-state index is 0.180. The molecule has 5 nitrogen and oxygen atoms in total. The standard InChI is InChI=1S/C5H14O5Si/c1-9-5-10-3-2-4-11(6,7)8/h6-8H,2-5H2,1H3/i6T,7T,8T. The van der Waals surface area contributed by atoms with E-state index in [9.17, 15) is 0 Å². The average molecular weight is 188 g/mol. The van der Waals surface area contributed by atoms with Crippen LogP contribution in [0.1, 0.15) is 6.42 Å². The molecule has 0 aromatic carbocycles. The minimum Gasteiger partial charge on any atom is -0.390 e. The molecule has 6 heteroatoms. The van der Waals surface area contributed by atoms with Crippen molar-refractivity contribution in [2.45, 2.75) is 12.5 Å². The molecule has 3 N–H and O–H groups in total. The number of ether oxygens (including phenoxy) is 2. The lowest BCUT2D eigenvalue weighted by molar-refractivity contribution is -0.0307. The fourth-order valence-corrected chi connectivity index (χ4v) is 1.11. The van der Waals surface area contributed by atoms with Crippen LogP contribution in [0, 0.1) is 0 Å². The molecule has 68 valence electrons. The monoisotopic (exact) mass is 188 g/mol. The summed E-state index contributed by atoms with van der Waals surface area (Å²) in [5, 5.41) is 0. The Balaban J connectivity index is 3.61. The van der Waals surface area contributed by atoms with Gasteiger partial charge in [-0.3, -0.25) is 0 Å². The molecule has 0 heterocycles. The van der Waals surface area contributed by atoms with Crippen LogP contribution >= 0.6 is 0 Å². The van der Waals surface area contributed by atoms with Gasteiger partial charge in [-0.1, -0.05) is 0 Å². The minimum atomic E-state index is -3.40. The normalized spacial score (nSPS) is 15.5. The van der Waals surface area contributed by atoms with E-state index in [1.165, 1.54) is 7.11 Å². The first-order valence-corrected chi connectivity index (χ1v) is 5.17. The third kappa shape index (κ3) is 10.0. The second-order valence-corrected chi connectivity index (χ2v) is 3.97. The molecule has 0 aromatic rings. The number of methoxy groups -OCH3 is 1. The molecular formula is C5H14O5Si. The largest absolute Gasteiger partial charge is 0.492 e. The van der Waals surface area contributed by atoms with E-state index in [-0.39, 0.29) is 12.8 Å². The van der Waals surface area contributed by atoms with Crippen molar-refractivity contribution in [2.75, 3.05) is 20.5 Å². The molecule has 0 unspecified atom stereocenters. The average Bonchev–Trinajstić information content (AvgIpc) is 2.24. The van der Waals surface area contributed by atoms with Gasteiger partial charge >= 0.3 is 8.80 Å². The molecular weight excluding hydrogens is 168 g/mol. The number of hydrogen-bond acceptors (Lipinski definition) is 5. The summed E-state index contributed by atoms with van der Waals surface area (Å²) >= 11 is 0. The Morgan fingerprint density at radius 3 is 2.73 bits per heavy atom. The lowest BCUT2D eigenvalue weighted by Gasteiger charge is -2.08. The van der Waals surface area contributed by atoms with Crippen LogP contribution in [0.5, 0.6) is 0 Å². The quantitative estimate of drug-likeness (QED) is 0.243. The zero-order chi connectivity index (χ0) is 10.9. The van der Waals surface area contributed by atoms with E-state index >= 15 is 0 Å². The highest BCUT2D eigenvalue weighted by Crippen LogP contribution is 2.00. The third-order valence-corrected chi connectivity index (χ3v) is 1.94. The molecule has 0 bridgehead atoms. The van der Waals surface area contributed by atoms with Crippen molar-refractivity contribution in [3.05, 3.63) is 0 Å². The predicted octanol–water partition coefficient (Wildman–Crippen LogP) is -1.09. The molecule has 0 radical (unpaired) electrons. The molecule has 0 saturated heterocycles. The highest BCUT2D eigenvalue weighted by atomic mass is 28.4. The van der Waals surface area contributed by atoms with Crippen LogP contribution in [0.15, 0.2) is 0 Å². The molecule has 0 atom stereocenters. The van der Waals surface area contributed by atoms with Gasteiger partial charge < -0.3 is 23.9 Å². The van der Waals surface area contributed by atoms with Gasteiger partial charge in [0.2, 0.25) is 0 Å². The Morgan fingerprint density at radius 2 is 2.18 bits per heavy atom. The van der Waals surface area contributed by atoms with E-state index in [1.807, 2.05) is 0 Å². The summed E-state index contributed by atoms with van der Waals surface area (Å²) in [7, 11) is -1.89. The summed E-state index contributed by atoms with van der Waals surface area (Å²) in [4.78, 5) is 12.4. The SMILES string of the molecule is [3H]O[Si](CCCOCOC)(O[3H])O[3H]. The highest BCUT2D eigenvalue weighted by Gasteiger charge is 2.25. The molecule has 0 fully saturated rings. The van der Waals surface area contributed by atoms with Crippen LogP contribution in [0.4, 0.5) is 0 Å². The van der Waals surface area contributed by atoms with Crippen molar-refractivity contribution in [1.82, 2.24) is 0 Å². The maximum atomic E-state index is 6.63. The topological polar surface area (TPSA) is 79.2 Å². The summed E-state index contributed by atoms with van der Waals surface area (Å²) in [5.74, 6) is 0. The van der Waals surface area contributed by atoms with Gasteiger partial charge in [-0.15, -0.1) is 0 Å². The fourth-order valence-electron chi connectivity index (χ4n) is 0.533. The Bertz CT molecular complexity index is 128. The third-order valence-electron chi connectivity index (χ3n) is 0.973. The van der Waals surface area contributed by atoms with Gasteiger partial charge in [0.15, 0.2) is 4.29 Å². The van der Waals surface area contributed by atoms with Gasteiger partial charge in [-0.2, -0.15) is 0 Å². The fraction of sp³-hybridized carbons (Fsp3) is 1.00. The molecule has 0 amide bonds. The van der Waals surface area contributed by atoms with Gasteiger partial charge in [0.1, 0.15) is 6.79 Å². The first-order chi connectivity index (χ1) is 6.74. The molecule has 0 aliphatic carbocycles. The van der Waals surface area contributed by atoms with Crippen molar-refractivity contribution in [1.29, 1.82) is 4.29 Å². The van der Waals surface area contributed by atoms with Gasteiger partial charge in [0.05, 0.1) is 0 Å². The van der Waals surface area contributed by atoms with Crippen molar-refractivity contribution in [3.8, 4) is 0 Å². The smallest absolute Gasteiger partial charge is 0.390 e. The van der Waals surface area contributed by atoms with E-state index < -0.39 is 8.80 Å². The molecule has 0 aromatic heterocycles. The van der Waals surface area contributed by atoms with Crippen LogP contribution in [-0.4, -0.2) is 48.0 Å². The van der Waals surface area contributed by atoms with Crippen molar-refractivity contribution in [2.24, 2.45) is 0 Å². The van der Waals surface area contributed by atoms with Gasteiger partial charge in [-0.25, -0.2) is 0 Å². The Hall–Kier alpha value is 0.0169. The van der Waals surface area contributed by atoms with E-state index in [4.69, 9.17) is 9.03 Å². The summed E-state index contributed by atoms with van der Waals surface area (Å²) < 4.78 is 29.5. The van der Waals surface area contributed by atoms with Crippen molar-refractivity contribution in [3.63, 3.8) is 0 Å². The summed E-state index contributed by atoms with van der Waals surface area (Å²) in [6.07, 6.45) is 0.478. The highest BCUT2D eigenvalue weighted by molar-refractivity contribution is 6.56. The number of hydrogen-bond donors (Lipinski definition) is 3. The summed E-state index contributed by atoms with van der Waals surface area (Å²) in [5.41, 5.74) is 0. The van der Waals surface area contributed by atoms with E-state index in [0.29, 0.717) is 13.0 Å². The van der Waals surface area contributed by atoms with Crippen LogP contribution < -0.4 is 0 Å². The number of rotatable bonds is 9. The second-order valence-electron chi connectivity index (χ2n) is 2.10. The van der Waals surface area contributed by atoms with E-state index in [0.717, 1.165) is 0 Å². The Morgan fingerprint density at radius 1 is 1.45 bits per heavy atom. The van der Waals surface area contributed by atoms with Crippen LogP contribution in [0.25, 0.3) is 0 Å². The van der Waals surface area contributed by atoms with Crippen LogP contribution in [0.2, 0.25) is 6.04 Å². The molecule has 11 heavy (non-hydrogen) atoms. The van der Waals surface area contributed by atoms with Crippen molar-refractivity contribution < 1.29 is 23.9 Å². The molecule has 0 rings (SSSR count). The first-order valence-electron chi connectivity index (χ1n) is 4.46. The Kier molecular flexibility index (Phi) is 3.34.